The highest BCUT2D eigenvalue weighted by molar-refractivity contribution is 6.04. The monoisotopic (exact) mass is 358 g/mol. The van der Waals surface area contributed by atoms with Gasteiger partial charge in [0.25, 0.3) is 5.56 Å². The van der Waals surface area contributed by atoms with E-state index in [2.05, 4.69) is 26.1 Å². The minimum Gasteiger partial charge on any atom is -0.384 e. The van der Waals surface area contributed by atoms with E-state index in [1.807, 2.05) is 24.3 Å². The highest BCUT2D eigenvalue weighted by Crippen LogP contribution is 2.24. The lowest BCUT2D eigenvalue weighted by molar-refractivity contribution is 0.0973. The van der Waals surface area contributed by atoms with E-state index in [4.69, 9.17) is 5.73 Å². The fourth-order valence-corrected chi connectivity index (χ4v) is 2.69. The van der Waals surface area contributed by atoms with E-state index in [0.29, 0.717) is 0 Å². The number of benzene rings is 1. The molecule has 1 aromatic carbocycles. The summed E-state index contributed by atoms with van der Waals surface area (Å²) in [5.74, 6) is -0.585. The van der Waals surface area contributed by atoms with Gasteiger partial charge in [0.15, 0.2) is 5.78 Å². The van der Waals surface area contributed by atoms with Crippen molar-refractivity contribution in [3.63, 3.8) is 0 Å². The van der Waals surface area contributed by atoms with E-state index >= 15 is 0 Å². The number of nitrogens with two attached hydrogens (primary N) is 1. The quantitative estimate of drug-likeness (QED) is 0.810. The summed E-state index contributed by atoms with van der Waals surface area (Å²) in [5.41, 5.74) is 6.40. The Bertz CT molecular complexity index is 947. The highest BCUT2D eigenvalue weighted by Gasteiger charge is 2.24. The van der Waals surface area contributed by atoms with Crippen LogP contribution in [0.25, 0.3) is 0 Å². The molecule has 7 heteroatoms. The van der Waals surface area contributed by atoms with Crippen LogP contribution in [0.1, 0.15) is 43.6 Å². The molecule has 0 aliphatic carbocycles. The van der Waals surface area contributed by atoms with Crippen molar-refractivity contribution in [3.8, 4) is 0 Å². The predicted octanol–water partition coefficient (Wildman–Crippen LogP) is 1.65. The van der Waals surface area contributed by atoms with E-state index in [-0.39, 0.29) is 16.8 Å². The molecule has 3 N–H and O–H groups in total. The summed E-state index contributed by atoms with van der Waals surface area (Å²) in [6, 6.07) is 7.11. The molecule has 140 valence electrons. The van der Waals surface area contributed by atoms with Crippen LogP contribution in [-0.4, -0.2) is 21.0 Å². The molecule has 1 unspecified atom stereocenters. The van der Waals surface area contributed by atoms with Gasteiger partial charge in [-0.3, -0.25) is 18.7 Å². The lowest BCUT2D eigenvalue weighted by Gasteiger charge is -2.20. The molecule has 0 aliphatic rings. The number of carbonyl (C=O) groups excluding carboxylic acids is 1. The molecule has 0 amide bonds. The maximum absolute atomic E-state index is 12.8. The molecule has 2 aromatic rings. The van der Waals surface area contributed by atoms with Gasteiger partial charge in [0, 0.05) is 19.8 Å². The summed E-state index contributed by atoms with van der Waals surface area (Å²) >= 11 is 0. The number of ketones is 1. The van der Waals surface area contributed by atoms with Crippen LogP contribution in [0, 0.1) is 0 Å². The van der Waals surface area contributed by atoms with Gasteiger partial charge in [-0.15, -0.1) is 0 Å². The van der Waals surface area contributed by atoms with Crippen LogP contribution in [0.4, 0.5) is 11.5 Å². The lowest BCUT2D eigenvalue weighted by Crippen LogP contribution is -2.43. The summed E-state index contributed by atoms with van der Waals surface area (Å²) in [7, 11) is 2.75. The normalized spacial score (nSPS) is 12.7. The molecule has 2 rings (SSSR count). The van der Waals surface area contributed by atoms with Crippen LogP contribution in [0.3, 0.4) is 0 Å². The molecule has 0 saturated carbocycles. The highest BCUT2D eigenvalue weighted by atomic mass is 16.2. The maximum atomic E-state index is 12.8. The number of aromatic nitrogens is 2. The van der Waals surface area contributed by atoms with Crippen LogP contribution in [0.2, 0.25) is 0 Å². The van der Waals surface area contributed by atoms with Crippen molar-refractivity contribution in [2.24, 2.45) is 14.1 Å². The van der Waals surface area contributed by atoms with Crippen LogP contribution in [0.15, 0.2) is 33.9 Å². The lowest BCUT2D eigenvalue weighted by atomic mass is 9.87. The molecule has 1 atom stereocenters. The zero-order chi connectivity index (χ0) is 19.8. The van der Waals surface area contributed by atoms with E-state index in [1.165, 1.54) is 19.7 Å². The molecule has 1 aromatic heterocycles. The second-order valence-electron chi connectivity index (χ2n) is 7.52. The molecule has 0 saturated heterocycles. The summed E-state index contributed by atoms with van der Waals surface area (Å²) in [6.07, 6.45) is 0. The topological polar surface area (TPSA) is 99.1 Å². The van der Waals surface area contributed by atoms with E-state index in [1.54, 1.807) is 6.92 Å². The molecule has 7 nitrogen and oxygen atoms in total. The Hall–Kier alpha value is -2.83. The van der Waals surface area contributed by atoms with Gasteiger partial charge in [0.1, 0.15) is 11.4 Å². The summed E-state index contributed by atoms with van der Waals surface area (Å²) in [5, 5.41) is 3.09. The number of nitrogen functional groups attached to an aromatic ring is 1. The van der Waals surface area contributed by atoms with Crippen molar-refractivity contribution in [3.05, 3.63) is 56.2 Å². The van der Waals surface area contributed by atoms with Gasteiger partial charge in [-0.2, -0.15) is 0 Å². The van der Waals surface area contributed by atoms with E-state index in [9.17, 15) is 14.4 Å². The van der Waals surface area contributed by atoms with Crippen molar-refractivity contribution < 1.29 is 4.79 Å². The van der Waals surface area contributed by atoms with Gasteiger partial charge in [0.05, 0.1) is 6.04 Å². The van der Waals surface area contributed by atoms with Crippen molar-refractivity contribution in [1.82, 2.24) is 9.13 Å². The van der Waals surface area contributed by atoms with Gasteiger partial charge in [-0.05, 0) is 30.0 Å². The molecule has 0 radical (unpaired) electrons. The van der Waals surface area contributed by atoms with Gasteiger partial charge in [-0.25, -0.2) is 4.79 Å². The minimum absolute atomic E-state index is 0.0372. The first-order valence-corrected chi connectivity index (χ1v) is 8.42. The fourth-order valence-electron chi connectivity index (χ4n) is 2.69. The Morgan fingerprint density at radius 1 is 1.08 bits per heavy atom. The fraction of sp³-hybridized carbons (Fsp3) is 0.421. The first-order valence-electron chi connectivity index (χ1n) is 8.42. The standard InChI is InChI=1S/C19H26N4O3/c1-11(21-13-9-7-12(8-10-13)19(2,3)4)15(24)14-16(20)22(5)18(26)23(6)17(14)25/h7-11,21H,20H2,1-6H3. The van der Waals surface area contributed by atoms with Gasteiger partial charge in [-0.1, -0.05) is 32.9 Å². The Morgan fingerprint density at radius 2 is 1.62 bits per heavy atom. The second-order valence-corrected chi connectivity index (χ2v) is 7.52. The molecule has 0 fully saturated rings. The number of hydrogen-bond acceptors (Lipinski definition) is 5. The second kappa shape index (κ2) is 6.82. The molecular formula is C19H26N4O3. The minimum atomic E-state index is -0.688. The molecule has 26 heavy (non-hydrogen) atoms. The van der Waals surface area contributed by atoms with Gasteiger partial charge < -0.3 is 11.1 Å². The van der Waals surface area contributed by atoms with E-state index in [0.717, 1.165) is 14.8 Å². The zero-order valence-electron chi connectivity index (χ0n) is 16.1. The number of carbonyl (C=O) groups is 1. The largest absolute Gasteiger partial charge is 0.384 e. The molecule has 0 spiro atoms. The maximum Gasteiger partial charge on any atom is 0.332 e. The third-order valence-corrected chi connectivity index (χ3v) is 4.48. The Kier molecular flexibility index (Phi) is 5.11. The van der Waals surface area contributed by atoms with Crippen molar-refractivity contribution in [1.29, 1.82) is 0 Å². The summed E-state index contributed by atoms with van der Waals surface area (Å²) in [6.45, 7) is 8.03. The summed E-state index contributed by atoms with van der Waals surface area (Å²) < 4.78 is 1.98. The van der Waals surface area contributed by atoms with Crippen LogP contribution >= 0.6 is 0 Å². The third-order valence-electron chi connectivity index (χ3n) is 4.48. The molecular weight excluding hydrogens is 332 g/mol. The smallest absolute Gasteiger partial charge is 0.332 e. The van der Waals surface area contributed by atoms with Crippen LogP contribution < -0.4 is 22.3 Å². The van der Waals surface area contributed by atoms with E-state index < -0.39 is 23.1 Å². The van der Waals surface area contributed by atoms with Crippen LogP contribution in [-0.2, 0) is 19.5 Å². The average Bonchev–Trinajstić information content (AvgIpc) is 2.58. The molecule has 0 aliphatic heterocycles. The van der Waals surface area contributed by atoms with Crippen molar-refractivity contribution in [2.45, 2.75) is 39.2 Å². The Labute approximate surface area is 152 Å². The predicted molar refractivity (Wildman–Crippen MR) is 104 cm³/mol. The molecule has 1 heterocycles. The number of Topliss-reactive ketones (excluding diaryl/α,β-unsaturated/α-hetero) is 1. The van der Waals surface area contributed by atoms with Gasteiger partial charge >= 0.3 is 5.69 Å². The zero-order valence-corrected chi connectivity index (χ0v) is 16.1. The van der Waals surface area contributed by atoms with Gasteiger partial charge in [0.2, 0.25) is 0 Å². The number of nitrogens with one attached hydrogen (secondary N) is 1. The number of hydrogen-bond donors (Lipinski definition) is 2. The Morgan fingerprint density at radius 3 is 2.12 bits per heavy atom. The first kappa shape index (κ1) is 19.5. The van der Waals surface area contributed by atoms with Crippen molar-refractivity contribution >= 4 is 17.3 Å². The number of anilines is 2. The average molecular weight is 358 g/mol. The van der Waals surface area contributed by atoms with Crippen LogP contribution in [0.5, 0.6) is 0 Å². The first-order chi connectivity index (χ1) is 11.9. The SMILES string of the molecule is CC(Nc1ccc(C(C)(C)C)cc1)C(=O)c1c(N)n(C)c(=O)n(C)c1=O. The molecule has 0 bridgehead atoms. The number of nitrogens with zero attached hydrogens (tertiary/aromatic N) is 2. The third kappa shape index (κ3) is 3.56. The Balaban J connectivity index is 2.32. The number of rotatable bonds is 4. The van der Waals surface area contributed by atoms with Crippen molar-refractivity contribution in [2.75, 3.05) is 11.1 Å². The summed E-state index contributed by atoms with van der Waals surface area (Å²) in [4.78, 5) is 37.0.